The molecule has 2 heterocycles. The Morgan fingerprint density at radius 2 is 1.71 bits per heavy atom. The van der Waals surface area contributed by atoms with E-state index in [1.54, 1.807) is 24.4 Å². The number of amides is 2. The fourth-order valence-corrected chi connectivity index (χ4v) is 3.45. The summed E-state index contributed by atoms with van der Waals surface area (Å²) in [4.78, 5) is 24.9. The van der Waals surface area contributed by atoms with Gasteiger partial charge in [0.15, 0.2) is 5.76 Å². The second-order valence-corrected chi connectivity index (χ2v) is 7.16. The Morgan fingerprint density at radius 3 is 2.55 bits per heavy atom. The third-order valence-electron chi connectivity index (χ3n) is 4.98. The molecule has 0 atom stereocenters. The van der Waals surface area contributed by atoms with Gasteiger partial charge in [0.25, 0.3) is 5.91 Å². The van der Waals surface area contributed by atoms with Crippen LogP contribution in [0, 0.1) is 0 Å². The first-order valence-electron chi connectivity index (χ1n) is 9.76. The molecule has 0 fully saturated rings. The van der Waals surface area contributed by atoms with Gasteiger partial charge in [-0.2, -0.15) is 5.10 Å². The molecular weight excluding hydrogens is 392 g/mol. The van der Waals surface area contributed by atoms with Gasteiger partial charge in [0.1, 0.15) is 5.58 Å². The maximum absolute atomic E-state index is 12.5. The summed E-state index contributed by atoms with van der Waals surface area (Å²) in [7, 11) is 0. The number of nitrogens with zero attached hydrogens (tertiary/aromatic N) is 1. The summed E-state index contributed by atoms with van der Waals surface area (Å²) in [6.07, 6.45) is 1.92. The summed E-state index contributed by atoms with van der Waals surface area (Å²) in [6, 6.07) is 21.9. The zero-order valence-corrected chi connectivity index (χ0v) is 16.4. The van der Waals surface area contributed by atoms with Gasteiger partial charge in [-0.15, -0.1) is 0 Å². The molecular formula is C24H18N4O3. The van der Waals surface area contributed by atoms with Gasteiger partial charge < -0.3 is 15.1 Å². The van der Waals surface area contributed by atoms with Crippen molar-refractivity contribution in [3.05, 3.63) is 90.3 Å². The summed E-state index contributed by atoms with van der Waals surface area (Å²) in [5.41, 5.74) is 3.60. The van der Waals surface area contributed by atoms with Crippen molar-refractivity contribution in [1.82, 2.24) is 10.2 Å². The Kier molecular flexibility index (Phi) is 4.68. The molecule has 3 N–H and O–H groups in total. The van der Waals surface area contributed by atoms with Gasteiger partial charge in [0.2, 0.25) is 5.91 Å². The Hall–Kier alpha value is -4.39. The van der Waals surface area contributed by atoms with Crippen molar-refractivity contribution in [2.45, 2.75) is 6.42 Å². The highest BCUT2D eigenvalue weighted by molar-refractivity contribution is 6.04. The molecule has 2 amide bonds. The highest BCUT2D eigenvalue weighted by Crippen LogP contribution is 2.22. The highest BCUT2D eigenvalue weighted by Gasteiger charge is 2.13. The molecule has 0 saturated carbocycles. The molecule has 0 aliphatic rings. The predicted molar refractivity (Wildman–Crippen MR) is 119 cm³/mol. The van der Waals surface area contributed by atoms with Crippen LogP contribution in [0.25, 0.3) is 21.9 Å². The lowest BCUT2D eigenvalue weighted by Gasteiger charge is -2.08. The number of benzene rings is 3. The summed E-state index contributed by atoms with van der Waals surface area (Å²) in [5.74, 6) is -0.215. The number of nitrogens with one attached hydrogen (secondary N) is 3. The van der Waals surface area contributed by atoms with E-state index in [2.05, 4.69) is 20.8 Å². The average molecular weight is 410 g/mol. The topological polar surface area (TPSA) is 100 Å². The Labute approximate surface area is 177 Å². The lowest BCUT2D eigenvalue weighted by molar-refractivity contribution is -0.115. The van der Waals surface area contributed by atoms with Gasteiger partial charge in [0, 0.05) is 16.5 Å². The van der Waals surface area contributed by atoms with Crippen molar-refractivity contribution in [3.8, 4) is 0 Å². The normalized spacial score (nSPS) is 11.0. The van der Waals surface area contributed by atoms with Crippen LogP contribution in [-0.2, 0) is 11.2 Å². The zero-order valence-electron chi connectivity index (χ0n) is 16.4. The fourth-order valence-electron chi connectivity index (χ4n) is 3.45. The monoisotopic (exact) mass is 410 g/mol. The van der Waals surface area contributed by atoms with Gasteiger partial charge in [-0.05, 0) is 35.9 Å². The van der Waals surface area contributed by atoms with Crippen molar-refractivity contribution in [2.24, 2.45) is 0 Å². The van der Waals surface area contributed by atoms with E-state index in [0.717, 1.165) is 21.9 Å². The van der Waals surface area contributed by atoms with Crippen molar-refractivity contribution >= 4 is 45.1 Å². The molecule has 5 rings (SSSR count). The second kappa shape index (κ2) is 7.79. The van der Waals surface area contributed by atoms with Crippen LogP contribution in [0.15, 0.2) is 83.4 Å². The van der Waals surface area contributed by atoms with Crippen molar-refractivity contribution < 1.29 is 14.0 Å². The smallest absolute Gasteiger partial charge is 0.291 e. The van der Waals surface area contributed by atoms with Gasteiger partial charge in [0.05, 0.1) is 23.8 Å². The molecule has 0 saturated heterocycles. The van der Waals surface area contributed by atoms with Crippen LogP contribution in [0.4, 0.5) is 11.4 Å². The van der Waals surface area contributed by atoms with E-state index in [0.29, 0.717) is 17.0 Å². The number of para-hydroxylation sites is 2. The molecule has 7 nitrogen and oxygen atoms in total. The average Bonchev–Trinajstić information content (AvgIpc) is 3.42. The number of furan rings is 1. The van der Waals surface area contributed by atoms with E-state index in [4.69, 9.17) is 4.42 Å². The number of hydrogen-bond acceptors (Lipinski definition) is 4. The summed E-state index contributed by atoms with van der Waals surface area (Å²) in [6.45, 7) is 0. The third-order valence-corrected chi connectivity index (χ3v) is 4.98. The lowest BCUT2D eigenvalue weighted by atomic mass is 10.1. The molecule has 0 radical (unpaired) electrons. The predicted octanol–water partition coefficient (Wildman–Crippen LogP) is 4.74. The molecule has 3 aromatic carbocycles. The number of H-pyrrole nitrogens is 1. The van der Waals surface area contributed by atoms with Crippen LogP contribution in [-0.4, -0.2) is 22.0 Å². The summed E-state index contributed by atoms with van der Waals surface area (Å²) < 4.78 is 5.59. The number of carbonyl (C=O) groups is 2. The molecule has 7 heteroatoms. The van der Waals surface area contributed by atoms with Crippen LogP contribution >= 0.6 is 0 Å². The number of anilines is 2. The molecule has 5 aromatic rings. The summed E-state index contributed by atoms with van der Waals surface area (Å²) >= 11 is 0. The molecule has 152 valence electrons. The van der Waals surface area contributed by atoms with Gasteiger partial charge in [-0.1, -0.05) is 42.5 Å². The van der Waals surface area contributed by atoms with Crippen LogP contribution in [0.2, 0.25) is 0 Å². The first-order valence-corrected chi connectivity index (χ1v) is 9.76. The van der Waals surface area contributed by atoms with E-state index in [1.807, 2.05) is 54.6 Å². The zero-order chi connectivity index (χ0) is 21.2. The van der Waals surface area contributed by atoms with Crippen LogP contribution in [0.3, 0.4) is 0 Å². The maximum atomic E-state index is 12.5. The van der Waals surface area contributed by atoms with Crippen molar-refractivity contribution in [3.63, 3.8) is 0 Å². The number of aromatic nitrogens is 2. The number of carbonyl (C=O) groups excluding carboxylic acids is 2. The number of aromatic amines is 1. The molecule has 0 spiro atoms. The highest BCUT2D eigenvalue weighted by atomic mass is 16.3. The first-order chi connectivity index (χ1) is 15.2. The number of hydrogen-bond donors (Lipinski definition) is 3. The Morgan fingerprint density at radius 1 is 0.903 bits per heavy atom. The van der Waals surface area contributed by atoms with Gasteiger partial charge in [-0.25, -0.2) is 0 Å². The fraction of sp³-hybridized carbons (Fsp3) is 0.0417. The van der Waals surface area contributed by atoms with Crippen LogP contribution in [0.5, 0.6) is 0 Å². The van der Waals surface area contributed by atoms with Crippen molar-refractivity contribution in [2.75, 3.05) is 10.6 Å². The van der Waals surface area contributed by atoms with Crippen LogP contribution < -0.4 is 10.6 Å². The van der Waals surface area contributed by atoms with E-state index < -0.39 is 0 Å². The SMILES string of the molecule is O=C(Cc1ccc(NC(=O)c2cc3ccccc3o2)cc1)Nc1cccc2cn[nH]c12. The standard InChI is InChI=1S/C24H18N4O3/c29-22(27-19-6-3-5-17-14-25-28-23(17)19)12-15-8-10-18(11-9-15)26-24(30)21-13-16-4-1-2-7-20(16)31-21/h1-11,13-14H,12H2,(H,25,28)(H,26,30)(H,27,29). The minimum absolute atomic E-state index is 0.138. The minimum Gasteiger partial charge on any atom is -0.451 e. The van der Waals surface area contributed by atoms with E-state index in [9.17, 15) is 9.59 Å². The van der Waals surface area contributed by atoms with Gasteiger partial charge in [-0.3, -0.25) is 14.7 Å². The largest absolute Gasteiger partial charge is 0.451 e. The molecule has 2 aromatic heterocycles. The second-order valence-electron chi connectivity index (χ2n) is 7.16. The number of rotatable bonds is 5. The van der Waals surface area contributed by atoms with E-state index in [1.165, 1.54) is 0 Å². The Bertz CT molecular complexity index is 1370. The van der Waals surface area contributed by atoms with E-state index in [-0.39, 0.29) is 24.0 Å². The van der Waals surface area contributed by atoms with E-state index >= 15 is 0 Å². The molecule has 0 bridgehead atoms. The van der Waals surface area contributed by atoms with Crippen molar-refractivity contribution in [1.29, 1.82) is 0 Å². The Balaban J connectivity index is 1.23. The lowest BCUT2D eigenvalue weighted by Crippen LogP contribution is -2.15. The number of fused-ring (bicyclic) bond motifs is 2. The molecule has 0 aliphatic heterocycles. The third kappa shape index (κ3) is 3.89. The van der Waals surface area contributed by atoms with Gasteiger partial charge >= 0.3 is 0 Å². The minimum atomic E-state index is -0.325. The quantitative estimate of drug-likeness (QED) is 0.389. The molecule has 0 aliphatic carbocycles. The molecule has 31 heavy (non-hydrogen) atoms. The van der Waals surface area contributed by atoms with Crippen LogP contribution in [0.1, 0.15) is 16.1 Å². The molecule has 0 unspecified atom stereocenters. The summed E-state index contributed by atoms with van der Waals surface area (Å²) in [5, 5.41) is 14.4. The maximum Gasteiger partial charge on any atom is 0.291 e. The first kappa shape index (κ1) is 18.6.